The molecule has 5 nitrogen and oxygen atoms in total. The molecule has 5 heteroatoms. The zero-order valence-corrected chi connectivity index (χ0v) is 17.6. The first-order valence-electron chi connectivity index (χ1n) is 9.21. The predicted octanol–water partition coefficient (Wildman–Crippen LogP) is 5.21. The molecule has 0 radical (unpaired) electrons. The molecule has 0 spiro atoms. The maximum atomic E-state index is 4.11. The number of allylic oxidation sites excluding steroid dienone is 1. The van der Waals surface area contributed by atoms with E-state index < -0.39 is 0 Å². The van der Waals surface area contributed by atoms with Crippen LogP contribution in [0.2, 0.25) is 0 Å². The van der Waals surface area contributed by atoms with Crippen LogP contribution >= 0.6 is 0 Å². The molecule has 0 fully saturated rings. The Balaban J connectivity index is 0.000000195. The van der Waals surface area contributed by atoms with Crippen molar-refractivity contribution < 1.29 is 0 Å². The van der Waals surface area contributed by atoms with Crippen molar-refractivity contribution in [3.8, 4) is 0 Å². The van der Waals surface area contributed by atoms with Gasteiger partial charge >= 0.3 is 0 Å². The van der Waals surface area contributed by atoms with Crippen LogP contribution in [0, 0.1) is 5.41 Å². The molecule has 144 valence electrons. The first-order valence-corrected chi connectivity index (χ1v) is 9.21. The Labute approximate surface area is 158 Å². The van der Waals surface area contributed by atoms with Gasteiger partial charge in [0.1, 0.15) is 0 Å². The van der Waals surface area contributed by atoms with Crippen LogP contribution in [0.1, 0.15) is 67.1 Å². The number of H-pyrrole nitrogens is 1. The molecule has 1 aliphatic rings. The number of aromatic amines is 1. The number of nitrogens with one attached hydrogen (secondary N) is 1. The van der Waals surface area contributed by atoms with E-state index in [-0.39, 0.29) is 5.41 Å². The van der Waals surface area contributed by atoms with Crippen LogP contribution in [0.25, 0.3) is 0 Å². The fourth-order valence-corrected chi connectivity index (χ4v) is 2.11. The van der Waals surface area contributed by atoms with Crippen LogP contribution < -0.4 is 0 Å². The normalized spacial score (nSPS) is 13.7. The summed E-state index contributed by atoms with van der Waals surface area (Å²) in [5, 5.41) is 10.8. The second kappa shape index (κ2) is 9.51. The summed E-state index contributed by atoms with van der Waals surface area (Å²) >= 11 is 0. The second-order valence-corrected chi connectivity index (χ2v) is 8.70. The van der Waals surface area contributed by atoms with Crippen molar-refractivity contribution in [2.24, 2.45) is 10.4 Å². The molecule has 0 amide bonds. The quantitative estimate of drug-likeness (QED) is 0.761. The van der Waals surface area contributed by atoms with Crippen molar-refractivity contribution in [3.63, 3.8) is 0 Å². The van der Waals surface area contributed by atoms with Crippen LogP contribution in [0.3, 0.4) is 0 Å². The third-order valence-corrected chi connectivity index (χ3v) is 3.88. The van der Waals surface area contributed by atoms with Gasteiger partial charge < -0.3 is 0 Å². The van der Waals surface area contributed by atoms with Gasteiger partial charge in [0.2, 0.25) is 0 Å². The van der Waals surface area contributed by atoms with Crippen molar-refractivity contribution in [1.29, 1.82) is 0 Å². The smallest absolute Gasteiger partial charge is 0.0576 e. The van der Waals surface area contributed by atoms with Gasteiger partial charge in [-0.25, -0.2) is 0 Å². The molecule has 3 rings (SSSR count). The zero-order valence-electron chi connectivity index (χ0n) is 17.6. The summed E-state index contributed by atoms with van der Waals surface area (Å²) in [6, 6.07) is 4.42. The number of hydrogen-bond acceptors (Lipinski definition) is 3. The molecule has 0 aliphatic carbocycles. The van der Waals surface area contributed by atoms with Gasteiger partial charge in [0.05, 0.1) is 6.54 Å². The first kappa shape index (κ1) is 21.9. The lowest BCUT2D eigenvalue weighted by Gasteiger charge is -2.16. The highest BCUT2D eigenvalue weighted by atomic mass is 15.3. The van der Waals surface area contributed by atoms with Gasteiger partial charge in [0.25, 0.3) is 0 Å². The third kappa shape index (κ3) is 7.81. The largest absolute Gasteiger partial charge is 0.289 e. The van der Waals surface area contributed by atoms with Gasteiger partial charge in [-0.3, -0.25) is 14.8 Å². The summed E-state index contributed by atoms with van der Waals surface area (Å²) in [6.45, 7) is 18.2. The Morgan fingerprint density at radius 1 is 1.04 bits per heavy atom. The molecule has 2 aromatic heterocycles. The molecule has 0 saturated carbocycles. The fourth-order valence-electron chi connectivity index (χ4n) is 2.11. The van der Waals surface area contributed by atoms with Crippen LogP contribution in [0.5, 0.6) is 0 Å². The van der Waals surface area contributed by atoms with E-state index in [2.05, 4.69) is 81.8 Å². The average molecular weight is 358 g/mol. The summed E-state index contributed by atoms with van der Waals surface area (Å²) < 4.78 is 1.92. The number of nitrogens with zero attached hydrogens (tertiary/aromatic N) is 4. The molecular formula is C21H35N5. The highest BCUT2D eigenvalue weighted by molar-refractivity contribution is 5.82. The van der Waals surface area contributed by atoms with E-state index in [0.29, 0.717) is 11.5 Å². The van der Waals surface area contributed by atoms with Crippen molar-refractivity contribution >= 4 is 6.21 Å². The Morgan fingerprint density at radius 2 is 1.73 bits per heavy atom. The summed E-state index contributed by atoms with van der Waals surface area (Å²) in [6.07, 6.45) is 9.69. The second-order valence-electron chi connectivity index (χ2n) is 8.70. The minimum atomic E-state index is 0.205. The zero-order chi connectivity index (χ0) is 19.8. The van der Waals surface area contributed by atoms with Gasteiger partial charge in [0.15, 0.2) is 0 Å². The molecule has 0 aromatic carbocycles. The van der Waals surface area contributed by atoms with Crippen molar-refractivity contribution in [2.75, 3.05) is 6.54 Å². The summed E-state index contributed by atoms with van der Waals surface area (Å²) in [5.41, 5.74) is 3.04. The van der Waals surface area contributed by atoms with Crippen LogP contribution in [0.15, 0.2) is 47.4 Å². The minimum Gasteiger partial charge on any atom is -0.289 e. The Kier molecular flexibility index (Phi) is 8.00. The lowest BCUT2D eigenvalue weighted by Crippen LogP contribution is -2.11. The molecule has 1 N–H and O–H groups in total. The lowest BCUT2D eigenvalue weighted by atomic mass is 9.88. The molecule has 26 heavy (non-hydrogen) atoms. The van der Waals surface area contributed by atoms with Crippen LogP contribution in [-0.2, 0) is 5.41 Å². The van der Waals surface area contributed by atoms with E-state index in [1.165, 1.54) is 11.3 Å². The van der Waals surface area contributed by atoms with E-state index in [0.717, 1.165) is 6.54 Å². The third-order valence-electron chi connectivity index (χ3n) is 3.88. The topological polar surface area (TPSA) is 58.9 Å². The molecule has 0 saturated heterocycles. The van der Waals surface area contributed by atoms with Crippen LogP contribution in [-0.4, -0.2) is 32.7 Å². The predicted molar refractivity (Wildman–Crippen MR) is 111 cm³/mol. The standard InChI is InChI=1S/C8H13N.C7H12N2.C6H10N2/c1-8(2,3)7-4-5-9-6-7;1-7(2,3)6-4-5-8-9-6;1-6(2)8-5-3-4-7-8/h4,6H,5H2,1-3H3;4-5H,1-3H3,(H,8,9);3-6H,1-2H3. The first-order chi connectivity index (χ1) is 12.0. The minimum absolute atomic E-state index is 0.205. The average Bonchev–Trinajstić information content (AvgIpc) is 3.28. The molecule has 0 bridgehead atoms. The van der Waals surface area contributed by atoms with Gasteiger partial charge in [-0.2, -0.15) is 10.2 Å². The summed E-state index contributed by atoms with van der Waals surface area (Å²) in [7, 11) is 0. The van der Waals surface area contributed by atoms with E-state index in [1.54, 1.807) is 12.4 Å². The Bertz CT molecular complexity index is 663. The number of aromatic nitrogens is 4. The Morgan fingerprint density at radius 3 is 1.96 bits per heavy atom. The highest BCUT2D eigenvalue weighted by Crippen LogP contribution is 2.25. The van der Waals surface area contributed by atoms with E-state index in [1.807, 2.05) is 29.2 Å². The fraction of sp³-hybridized carbons (Fsp3) is 0.571. The van der Waals surface area contributed by atoms with E-state index >= 15 is 0 Å². The monoisotopic (exact) mass is 357 g/mol. The molecule has 0 atom stereocenters. The molecule has 1 aliphatic heterocycles. The SMILES string of the molecule is CC(C)(C)C1=CCN=C1.CC(C)(C)c1ccn[nH]1.CC(C)n1cccn1. The maximum absolute atomic E-state index is 4.11. The molecule has 2 aromatic rings. The number of rotatable bonds is 1. The van der Waals surface area contributed by atoms with Crippen molar-refractivity contribution in [3.05, 3.63) is 48.1 Å². The van der Waals surface area contributed by atoms with E-state index in [9.17, 15) is 0 Å². The van der Waals surface area contributed by atoms with Gasteiger partial charge in [-0.05, 0) is 37.0 Å². The number of hydrogen-bond donors (Lipinski definition) is 1. The van der Waals surface area contributed by atoms with Gasteiger partial charge in [0, 0.05) is 42.0 Å². The molecule has 0 unspecified atom stereocenters. The van der Waals surface area contributed by atoms with E-state index in [4.69, 9.17) is 0 Å². The Hall–Kier alpha value is -2.17. The summed E-state index contributed by atoms with van der Waals surface area (Å²) in [5.74, 6) is 0. The van der Waals surface area contributed by atoms with Crippen molar-refractivity contribution in [1.82, 2.24) is 20.0 Å². The summed E-state index contributed by atoms with van der Waals surface area (Å²) in [4.78, 5) is 4.11. The molecule has 3 heterocycles. The van der Waals surface area contributed by atoms with Gasteiger partial charge in [-0.1, -0.05) is 47.6 Å². The van der Waals surface area contributed by atoms with Crippen molar-refractivity contribution in [2.45, 2.75) is 66.8 Å². The molecular weight excluding hydrogens is 322 g/mol. The number of aliphatic imine (C=N–C) groups is 1. The van der Waals surface area contributed by atoms with Crippen LogP contribution in [0.4, 0.5) is 0 Å². The van der Waals surface area contributed by atoms with Gasteiger partial charge in [-0.15, -0.1) is 0 Å². The highest BCUT2D eigenvalue weighted by Gasteiger charge is 2.16. The maximum Gasteiger partial charge on any atom is 0.0576 e. The lowest BCUT2D eigenvalue weighted by molar-refractivity contribution is 0.527.